The molecule has 0 saturated heterocycles. The van der Waals surface area contributed by atoms with Crippen molar-refractivity contribution in [3.8, 4) is 6.07 Å². The van der Waals surface area contributed by atoms with Gasteiger partial charge in [0.15, 0.2) is 5.13 Å². The molecule has 0 aliphatic rings. The van der Waals surface area contributed by atoms with Crippen molar-refractivity contribution >= 4 is 32.6 Å². The van der Waals surface area contributed by atoms with E-state index < -0.39 is 0 Å². The van der Waals surface area contributed by atoms with E-state index in [9.17, 15) is 4.79 Å². The number of rotatable bonds is 6. The Kier molecular flexibility index (Phi) is 5.61. The van der Waals surface area contributed by atoms with Crippen LogP contribution in [0.15, 0.2) is 48.5 Å². The molecular formula is C20H20N4OS. The van der Waals surface area contributed by atoms with Crippen LogP contribution in [0.25, 0.3) is 10.2 Å². The molecule has 0 bridgehead atoms. The summed E-state index contributed by atoms with van der Waals surface area (Å²) in [5, 5.41) is 9.65. The van der Waals surface area contributed by atoms with Gasteiger partial charge in [-0.05, 0) is 63.5 Å². The van der Waals surface area contributed by atoms with E-state index in [1.165, 1.54) is 11.3 Å². The van der Waals surface area contributed by atoms with Crippen LogP contribution >= 0.6 is 11.3 Å². The van der Waals surface area contributed by atoms with Gasteiger partial charge in [-0.2, -0.15) is 5.26 Å². The molecule has 0 atom stereocenters. The molecule has 0 saturated carbocycles. The summed E-state index contributed by atoms with van der Waals surface area (Å²) in [6, 6.07) is 16.7. The van der Waals surface area contributed by atoms with Crippen molar-refractivity contribution < 1.29 is 4.79 Å². The summed E-state index contributed by atoms with van der Waals surface area (Å²) in [6.45, 7) is 1.49. The minimum atomic E-state index is -0.0905. The largest absolute Gasteiger partial charge is 0.309 e. The highest BCUT2D eigenvalue weighted by atomic mass is 32.1. The highest BCUT2D eigenvalue weighted by molar-refractivity contribution is 7.22. The highest BCUT2D eigenvalue weighted by Gasteiger charge is 2.21. The Bertz CT molecular complexity index is 907. The molecule has 0 unspecified atom stereocenters. The number of amides is 1. The summed E-state index contributed by atoms with van der Waals surface area (Å²) >= 11 is 1.52. The van der Waals surface area contributed by atoms with E-state index in [1.54, 1.807) is 29.2 Å². The number of nitriles is 1. The summed E-state index contributed by atoms with van der Waals surface area (Å²) in [5.74, 6) is -0.0905. The van der Waals surface area contributed by atoms with E-state index in [4.69, 9.17) is 5.26 Å². The van der Waals surface area contributed by atoms with Gasteiger partial charge in [-0.1, -0.05) is 23.5 Å². The molecule has 6 heteroatoms. The molecule has 5 nitrogen and oxygen atoms in total. The summed E-state index contributed by atoms with van der Waals surface area (Å²) < 4.78 is 1.06. The minimum Gasteiger partial charge on any atom is -0.309 e. The lowest BCUT2D eigenvalue weighted by Gasteiger charge is -2.21. The van der Waals surface area contributed by atoms with Crippen molar-refractivity contribution in [2.24, 2.45) is 0 Å². The van der Waals surface area contributed by atoms with Crippen LogP contribution in [-0.4, -0.2) is 43.0 Å². The first-order chi connectivity index (χ1) is 12.6. The zero-order chi connectivity index (χ0) is 18.5. The summed E-state index contributed by atoms with van der Waals surface area (Å²) in [5.41, 5.74) is 2.01. The Labute approximate surface area is 157 Å². The summed E-state index contributed by atoms with van der Waals surface area (Å²) in [6.07, 6.45) is 0.852. The first-order valence-corrected chi connectivity index (χ1v) is 9.22. The van der Waals surface area contributed by atoms with Crippen LogP contribution < -0.4 is 4.90 Å². The number of hydrogen-bond acceptors (Lipinski definition) is 5. The molecular weight excluding hydrogens is 344 g/mol. The predicted octanol–water partition coefficient (Wildman–Crippen LogP) is 3.77. The quantitative estimate of drug-likeness (QED) is 0.668. The van der Waals surface area contributed by atoms with Gasteiger partial charge < -0.3 is 4.90 Å². The van der Waals surface area contributed by atoms with Gasteiger partial charge in [0.25, 0.3) is 5.91 Å². The lowest BCUT2D eigenvalue weighted by atomic mass is 10.1. The van der Waals surface area contributed by atoms with Crippen LogP contribution in [0.2, 0.25) is 0 Å². The number of nitrogens with zero attached hydrogens (tertiary/aromatic N) is 4. The van der Waals surface area contributed by atoms with Crippen molar-refractivity contribution in [2.45, 2.75) is 6.42 Å². The maximum atomic E-state index is 13.1. The van der Waals surface area contributed by atoms with Crippen LogP contribution in [0.3, 0.4) is 0 Å². The van der Waals surface area contributed by atoms with Gasteiger partial charge in [0.2, 0.25) is 0 Å². The molecule has 1 amide bonds. The zero-order valence-electron chi connectivity index (χ0n) is 14.8. The van der Waals surface area contributed by atoms with Crippen molar-refractivity contribution in [3.63, 3.8) is 0 Å². The molecule has 3 rings (SSSR count). The minimum absolute atomic E-state index is 0.0905. The molecule has 2 aromatic carbocycles. The van der Waals surface area contributed by atoms with E-state index in [1.807, 2.05) is 38.4 Å². The molecule has 26 heavy (non-hydrogen) atoms. The molecule has 0 radical (unpaired) electrons. The number of anilines is 1. The Hall–Kier alpha value is -2.75. The van der Waals surface area contributed by atoms with Gasteiger partial charge in [-0.3, -0.25) is 9.69 Å². The van der Waals surface area contributed by atoms with Crippen molar-refractivity contribution in [1.82, 2.24) is 9.88 Å². The number of fused-ring (bicyclic) bond motifs is 1. The van der Waals surface area contributed by atoms with Crippen LogP contribution in [0.1, 0.15) is 22.3 Å². The molecule has 1 aromatic heterocycles. The first kappa shape index (κ1) is 18.1. The van der Waals surface area contributed by atoms with Crippen molar-refractivity contribution in [2.75, 3.05) is 32.1 Å². The fraction of sp³-hybridized carbons (Fsp3) is 0.250. The Morgan fingerprint density at radius 2 is 1.85 bits per heavy atom. The van der Waals surface area contributed by atoms with E-state index in [2.05, 4.69) is 16.0 Å². The fourth-order valence-electron chi connectivity index (χ4n) is 2.65. The second-order valence-electron chi connectivity index (χ2n) is 6.27. The standard InChI is InChI=1S/C20H20N4OS/c1-23(2)12-5-13-24(19(25)16-10-8-15(14-21)9-11-16)20-22-17-6-3-4-7-18(17)26-20/h3-4,6-11H,5,12-13H2,1-2H3. The Balaban J connectivity index is 1.90. The molecule has 0 fully saturated rings. The zero-order valence-corrected chi connectivity index (χ0v) is 15.7. The number of carbonyl (C=O) groups is 1. The monoisotopic (exact) mass is 364 g/mol. The third kappa shape index (κ3) is 4.07. The number of para-hydroxylation sites is 1. The lowest BCUT2D eigenvalue weighted by molar-refractivity contribution is 0.0986. The van der Waals surface area contributed by atoms with Crippen molar-refractivity contribution in [3.05, 3.63) is 59.7 Å². The summed E-state index contributed by atoms with van der Waals surface area (Å²) in [7, 11) is 4.04. The lowest BCUT2D eigenvalue weighted by Crippen LogP contribution is -2.33. The molecule has 1 heterocycles. The number of aromatic nitrogens is 1. The number of benzene rings is 2. The Morgan fingerprint density at radius 3 is 2.50 bits per heavy atom. The van der Waals surface area contributed by atoms with E-state index in [0.29, 0.717) is 22.8 Å². The van der Waals surface area contributed by atoms with Crippen LogP contribution in [0.4, 0.5) is 5.13 Å². The molecule has 0 aliphatic carbocycles. The topological polar surface area (TPSA) is 60.2 Å². The highest BCUT2D eigenvalue weighted by Crippen LogP contribution is 2.29. The SMILES string of the molecule is CN(C)CCCN(C(=O)c1ccc(C#N)cc1)c1nc2ccccc2s1. The number of carbonyl (C=O) groups excluding carboxylic acids is 1. The maximum absolute atomic E-state index is 13.1. The Morgan fingerprint density at radius 1 is 1.12 bits per heavy atom. The van der Waals surface area contributed by atoms with Gasteiger partial charge in [-0.15, -0.1) is 0 Å². The third-order valence-electron chi connectivity index (χ3n) is 4.01. The first-order valence-electron chi connectivity index (χ1n) is 8.41. The molecule has 132 valence electrons. The smallest absolute Gasteiger partial charge is 0.260 e. The fourth-order valence-corrected chi connectivity index (χ4v) is 3.64. The second-order valence-corrected chi connectivity index (χ2v) is 7.28. The third-order valence-corrected chi connectivity index (χ3v) is 5.07. The van der Waals surface area contributed by atoms with Gasteiger partial charge in [0, 0.05) is 12.1 Å². The van der Waals surface area contributed by atoms with E-state index in [-0.39, 0.29) is 5.91 Å². The maximum Gasteiger partial charge on any atom is 0.260 e. The normalized spacial score (nSPS) is 10.8. The van der Waals surface area contributed by atoms with Gasteiger partial charge in [0.1, 0.15) is 0 Å². The molecule has 0 spiro atoms. The van der Waals surface area contributed by atoms with Gasteiger partial charge >= 0.3 is 0 Å². The average Bonchev–Trinajstić information content (AvgIpc) is 3.08. The van der Waals surface area contributed by atoms with E-state index in [0.717, 1.165) is 23.2 Å². The number of hydrogen-bond donors (Lipinski definition) is 0. The average molecular weight is 364 g/mol. The van der Waals surface area contributed by atoms with Crippen LogP contribution in [0.5, 0.6) is 0 Å². The van der Waals surface area contributed by atoms with Gasteiger partial charge in [0.05, 0.1) is 21.8 Å². The number of thiazole rings is 1. The molecule has 0 N–H and O–H groups in total. The van der Waals surface area contributed by atoms with Crippen LogP contribution in [0, 0.1) is 11.3 Å². The predicted molar refractivity (Wildman–Crippen MR) is 106 cm³/mol. The second kappa shape index (κ2) is 8.09. The van der Waals surface area contributed by atoms with Crippen LogP contribution in [-0.2, 0) is 0 Å². The summed E-state index contributed by atoms with van der Waals surface area (Å²) in [4.78, 5) is 21.6. The van der Waals surface area contributed by atoms with Gasteiger partial charge in [-0.25, -0.2) is 4.98 Å². The molecule has 0 aliphatic heterocycles. The van der Waals surface area contributed by atoms with E-state index >= 15 is 0 Å². The molecule has 3 aromatic rings. The van der Waals surface area contributed by atoms with Crippen molar-refractivity contribution in [1.29, 1.82) is 5.26 Å².